The molecular weight excluding hydrogens is 182 g/mol. The standard InChI is InChI=1S/C14H13N/c1-9-5-4-8-11-10-6-2-3-7-12(10)14(15)13(9)11/h2-8,14H,15H2,1H3. The van der Waals surface area contributed by atoms with Gasteiger partial charge in [-0.25, -0.2) is 0 Å². The van der Waals surface area contributed by atoms with Crippen LogP contribution in [0.3, 0.4) is 0 Å². The fourth-order valence-corrected chi connectivity index (χ4v) is 2.50. The Morgan fingerprint density at radius 1 is 0.933 bits per heavy atom. The zero-order chi connectivity index (χ0) is 10.4. The minimum atomic E-state index is 0.0531. The van der Waals surface area contributed by atoms with E-state index in [0.29, 0.717) is 0 Å². The number of fused-ring (bicyclic) bond motifs is 3. The number of benzene rings is 2. The second-order valence-corrected chi connectivity index (χ2v) is 4.10. The summed E-state index contributed by atoms with van der Waals surface area (Å²) >= 11 is 0. The van der Waals surface area contributed by atoms with E-state index < -0.39 is 0 Å². The van der Waals surface area contributed by atoms with E-state index in [9.17, 15) is 0 Å². The summed E-state index contributed by atoms with van der Waals surface area (Å²) in [4.78, 5) is 0. The molecule has 0 spiro atoms. The number of hydrogen-bond acceptors (Lipinski definition) is 1. The van der Waals surface area contributed by atoms with Gasteiger partial charge in [0.15, 0.2) is 0 Å². The van der Waals surface area contributed by atoms with Crippen molar-refractivity contribution in [1.29, 1.82) is 0 Å². The molecule has 0 heterocycles. The van der Waals surface area contributed by atoms with E-state index in [0.717, 1.165) is 0 Å². The Bertz CT molecular complexity index is 529. The highest BCUT2D eigenvalue weighted by molar-refractivity contribution is 5.79. The third-order valence-electron chi connectivity index (χ3n) is 3.22. The summed E-state index contributed by atoms with van der Waals surface area (Å²) in [5, 5.41) is 0. The van der Waals surface area contributed by atoms with Gasteiger partial charge < -0.3 is 5.73 Å². The Labute approximate surface area is 89.6 Å². The van der Waals surface area contributed by atoms with Crippen LogP contribution in [0.1, 0.15) is 22.7 Å². The van der Waals surface area contributed by atoms with Crippen molar-refractivity contribution in [2.75, 3.05) is 0 Å². The van der Waals surface area contributed by atoms with Crippen molar-refractivity contribution < 1.29 is 0 Å². The molecule has 0 bridgehead atoms. The lowest BCUT2D eigenvalue weighted by Crippen LogP contribution is -2.09. The maximum Gasteiger partial charge on any atom is 0.0566 e. The van der Waals surface area contributed by atoms with E-state index in [1.54, 1.807) is 0 Å². The third-order valence-corrected chi connectivity index (χ3v) is 3.22. The van der Waals surface area contributed by atoms with Gasteiger partial charge in [0.2, 0.25) is 0 Å². The number of nitrogens with two attached hydrogens (primary N) is 1. The first-order valence-electron chi connectivity index (χ1n) is 5.23. The molecule has 0 radical (unpaired) electrons. The van der Waals surface area contributed by atoms with Gasteiger partial charge in [-0.1, -0.05) is 42.5 Å². The summed E-state index contributed by atoms with van der Waals surface area (Å²) in [6.45, 7) is 2.13. The van der Waals surface area contributed by atoms with Gasteiger partial charge in [-0.2, -0.15) is 0 Å². The minimum Gasteiger partial charge on any atom is -0.320 e. The fraction of sp³-hybridized carbons (Fsp3) is 0.143. The Hall–Kier alpha value is -1.60. The first-order chi connectivity index (χ1) is 7.29. The van der Waals surface area contributed by atoms with Crippen LogP contribution in [-0.4, -0.2) is 0 Å². The molecule has 0 amide bonds. The molecule has 0 saturated carbocycles. The summed E-state index contributed by atoms with van der Waals surface area (Å²) in [5.74, 6) is 0. The Kier molecular flexibility index (Phi) is 1.70. The van der Waals surface area contributed by atoms with Gasteiger partial charge in [0.25, 0.3) is 0 Å². The van der Waals surface area contributed by atoms with Crippen molar-refractivity contribution in [2.45, 2.75) is 13.0 Å². The number of rotatable bonds is 0. The van der Waals surface area contributed by atoms with Crippen LogP contribution in [0.5, 0.6) is 0 Å². The lowest BCUT2D eigenvalue weighted by Gasteiger charge is -2.08. The molecule has 1 unspecified atom stereocenters. The van der Waals surface area contributed by atoms with Gasteiger partial charge in [-0.05, 0) is 34.7 Å². The van der Waals surface area contributed by atoms with Crippen LogP contribution >= 0.6 is 0 Å². The smallest absolute Gasteiger partial charge is 0.0566 e. The molecule has 2 aromatic rings. The number of hydrogen-bond donors (Lipinski definition) is 1. The zero-order valence-electron chi connectivity index (χ0n) is 8.70. The highest BCUT2D eigenvalue weighted by atomic mass is 14.7. The van der Waals surface area contributed by atoms with Crippen LogP contribution in [-0.2, 0) is 0 Å². The van der Waals surface area contributed by atoms with Gasteiger partial charge in [0.05, 0.1) is 6.04 Å². The van der Waals surface area contributed by atoms with Crippen LogP contribution in [0.2, 0.25) is 0 Å². The molecular formula is C14H13N. The predicted octanol–water partition coefficient (Wildman–Crippen LogP) is 3.02. The van der Waals surface area contributed by atoms with Gasteiger partial charge in [0, 0.05) is 0 Å². The topological polar surface area (TPSA) is 26.0 Å². The van der Waals surface area contributed by atoms with Gasteiger partial charge in [-0.3, -0.25) is 0 Å². The van der Waals surface area contributed by atoms with Crippen molar-refractivity contribution in [1.82, 2.24) is 0 Å². The van der Waals surface area contributed by atoms with E-state index in [2.05, 4.69) is 49.4 Å². The van der Waals surface area contributed by atoms with Crippen LogP contribution in [0, 0.1) is 6.92 Å². The predicted molar refractivity (Wildman–Crippen MR) is 62.6 cm³/mol. The van der Waals surface area contributed by atoms with Crippen molar-refractivity contribution >= 4 is 0 Å². The first-order valence-corrected chi connectivity index (χ1v) is 5.23. The first kappa shape index (κ1) is 8.69. The maximum atomic E-state index is 6.26. The lowest BCUT2D eigenvalue weighted by molar-refractivity contribution is 0.891. The highest BCUT2D eigenvalue weighted by Crippen LogP contribution is 2.43. The summed E-state index contributed by atoms with van der Waals surface area (Å²) in [6, 6.07) is 14.8. The Morgan fingerprint density at radius 3 is 2.53 bits per heavy atom. The van der Waals surface area contributed by atoms with Crippen LogP contribution < -0.4 is 5.73 Å². The number of aryl methyl sites for hydroxylation is 1. The second kappa shape index (κ2) is 2.94. The van der Waals surface area contributed by atoms with E-state index in [-0.39, 0.29) is 6.04 Å². The lowest BCUT2D eigenvalue weighted by atomic mass is 10.0. The molecule has 1 aliphatic rings. The molecule has 0 saturated heterocycles. The molecule has 3 rings (SSSR count). The highest BCUT2D eigenvalue weighted by Gasteiger charge is 2.26. The fourth-order valence-electron chi connectivity index (χ4n) is 2.50. The summed E-state index contributed by atoms with van der Waals surface area (Å²) in [7, 11) is 0. The normalized spacial score (nSPS) is 17.3. The molecule has 15 heavy (non-hydrogen) atoms. The van der Waals surface area contributed by atoms with E-state index in [1.165, 1.54) is 27.8 Å². The maximum absolute atomic E-state index is 6.26. The third kappa shape index (κ3) is 1.07. The molecule has 1 nitrogen and oxygen atoms in total. The largest absolute Gasteiger partial charge is 0.320 e. The molecule has 0 fully saturated rings. The molecule has 0 aromatic heterocycles. The molecule has 1 heteroatoms. The quantitative estimate of drug-likeness (QED) is 0.687. The summed E-state index contributed by atoms with van der Waals surface area (Å²) in [5.41, 5.74) is 12.7. The molecule has 2 aromatic carbocycles. The molecule has 2 N–H and O–H groups in total. The Balaban J connectivity index is 2.37. The van der Waals surface area contributed by atoms with E-state index in [4.69, 9.17) is 5.73 Å². The van der Waals surface area contributed by atoms with Crippen molar-refractivity contribution in [3.63, 3.8) is 0 Å². The monoisotopic (exact) mass is 195 g/mol. The van der Waals surface area contributed by atoms with Crippen molar-refractivity contribution in [2.24, 2.45) is 5.73 Å². The van der Waals surface area contributed by atoms with Crippen molar-refractivity contribution in [3.8, 4) is 11.1 Å². The zero-order valence-corrected chi connectivity index (χ0v) is 8.70. The average Bonchev–Trinajstić information content (AvgIpc) is 2.55. The summed E-state index contributed by atoms with van der Waals surface area (Å²) < 4.78 is 0. The molecule has 1 aliphatic carbocycles. The molecule has 74 valence electrons. The van der Waals surface area contributed by atoms with Crippen LogP contribution in [0.25, 0.3) is 11.1 Å². The van der Waals surface area contributed by atoms with Crippen molar-refractivity contribution in [3.05, 3.63) is 59.2 Å². The van der Waals surface area contributed by atoms with Gasteiger partial charge in [-0.15, -0.1) is 0 Å². The molecule has 0 aliphatic heterocycles. The summed E-state index contributed by atoms with van der Waals surface area (Å²) in [6.07, 6.45) is 0. The van der Waals surface area contributed by atoms with Gasteiger partial charge >= 0.3 is 0 Å². The molecule has 1 atom stereocenters. The van der Waals surface area contributed by atoms with Gasteiger partial charge in [0.1, 0.15) is 0 Å². The minimum absolute atomic E-state index is 0.0531. The van der Waals surface area contributed by atoms with E-state index >= 15 is 0 Å². The van der Waals surface area contributed by atoms with E-state index in [1.807, 2.05) is 0 Å². The SMILES string of the molecule is Cc1cccc2c1C(N)c1ccccc1-2. The second-order valence-electron chi connectivity index (χ2n) is 4.10. The average molecular weight is 195 g/mol. The Morgan fingerprint density at radius 2 is 1.67 bits per heavy atom. The van der Waals surface area contributed by atoms with Crippen LogP contribution in [0.15, 0.2) is 42.5 Å². The van der Waals surface area contributed by atoms with Crippen LogP contribution in [0.4, 0.5) is 0 Å².